The number of halogens is 2. The van der Waals surface area contributed by atoms with Gasteiger partial charge in [-0.1, -0.05) is 11.6 Å². The van der Waals surface area contributed by atoms with Crippen molar-refractivity contribution in [1.29, 1.82) is 5.26 Å². The number of rotatable bonds is 2. The molecule has 1 N–H and O–H groups in total. The van der Waals surface area contributed by atoms with Crippen LogP contribution in [0, 0.1) is 17.1 Å². The van der Waals surface area contributed by atoms with E-state index < -0.39 is 5.82 Å². The molecule has 0 aliphatic rings. The van der Waals surface area contributed by atoms with Gasteiger partial charge in [-0.3, -0.25) is 0 Å². The Morgan fingerprint density at radius 1 is 1.54 bits per heavy atom. The number of aromatic hydroxyl groups is 1. The summed E-state index contributed by atoms with van der Waals surface area (Å²) in [5.74, 6) is -0.775. The molecular formula is C9H7ClFNO. The summed E-state index contributed by atoms with van der Waals surface area (Å²) >= 11 is 5.66. The lowest BCUT2D eigenvalue weighted by Gasteiger charge is -2.03. The quantitative estimate of drug-likeness (QED) is 0.796. The minimum Gasteiger partial charge on any atom is -0.508 e. The first-order chi connectivity index (χ1) is 6.15. The van der Waals surface area contributed by atoms with Gasteiger partial charge in [-0.05, 0) is 12.5 Å². The zero-order chi connectivity index (χ0) is 9.84. The van der Waals surface area contributed by atoms with Crippen molar-refractivity contribution in [2.24, 2.45) is 0 Å². The highest BCUT2D eigenvalue weighted by Crippen LogP contribution is 2.25. The molecule has 0 aromatic heterocycles. The number of hydrogen-bond acceptors (Lipinski definition) is 2. The van der Waals surface area contributed by atoms with Crippen LogP contribution in [0.5, 0.6) is 5.75 Å². The summed E-state index contributed by atoms with van der Waals surface area (Å²) in [7, 11) is 0. The maximum atomic E-state index is 13.1. The lowest BCUT2D eigenvalue weighted by molar-refractivity contribution is 0.468. The molecule has 0 saturated carbocycles. The molecule has 0 unspecified atom stereocenters. The fraction of sp³-hybridized carbons (Fsp3) is 0.222. The summed E-state index contributed by atoms with van der Waals surface area (Å²) in [5, 5.41) is 17.4. The van der Waals surface area contributed by atoms with Gasteiger partial charge < -0.3 is 5.11 Å². The second kappa shape index (κ2) is 4.11. The normalized spacial score (nSPS) is 9.62. The standard InChI is InChI=1S/C9H7ClFNO/c10-8-4-6(13)5-9(11)7(8)2-1-3-12/h4-5,13H,1-2H2. The van der Waals surface area contributed by atoms with Crippen LogP contribution in [-0.2, 0) is 6.42 Å². The Labute approximate surface area is 80.2 Å². The highest BCUT2D eigenvalue weighted by Gasteiger charge is 2.08. The number of hydrogen-bond donors (Lipinski definition) is 1. The zero-order valence-electron chi connectivity index (χ0n) is 6.72. The van der Waals surface area contributed by atoms with E-state index in [9.17, 15) is 4.39 Å². The number of nitrogens with zero attached hydrogens (tertiary/aromatic N) is 1. The van der Waals surface area contributed by atoms with Gasteiger partial charge >= 0.3 is 0 Å². The van der Waals surface area contributed by atoms with Crippen LogP contribution in [0.15, 0.2) is 12.1 Å². The topological polar surface area (TPSA) is 44.0 Å². The molecular weight excluding hydrogens is 193 g/mol. The Bertz CT molecular complexity index is 336. The molecule has 68 valence electrons. The Hall–Kier alpha value is -1.27. The molecule has 0 fully saturated rings. The summed E-state index contributed by atoms with van der Waals surface area (Å²) in [6, 6.07) is 4.14. The lowest BCUT2D eigenvalue weighted by atomic mass is 10.1. The van der Waals surface area contributed by atoms with Crippen molar-refractivity contribution in [2.45, 2.75) is 12.8 Å². The van der Waals surface area contributed by atoms with E-state index in [1.54, 1.807) is 0 Å². The smallest absolute Gasteiger partial charge is 0.131 e. The van der Waals surface area contributed by atoms with Crippen LogP contribution in [0.4, 0.5) is 4.39 Å². The third-order valence-corrected chi connectivity index (χ3v) is 1.95. The largest absolute Gasteiger partial charge is 0.508 e. The molecule has 1 aromatic carbocycles. The van der Waals surface area contributed by atoms with Crippen molar-refractivity contribution in [2.75, 3.05) is 0 Å². The molecule has 0 aliphatic heterocycles. The predicted molar refractivity (Wildman–Crippen MR) is 47.0 cm³/mol. The molecule has 0 saturated heterocycles. The third-order valence-electron chi connectivity index (χ3n) is 1.61. The maximum Gasteiger partial charge on any atom is 0.131 e. The molecule has 0 amide bonds. The van der Waals surface area contributed by atoms with E-state index in [4.69, 9.17) is 22.0 Å². The minimum atomic E-state index is -0.569. The Morgan fingerprint density at radius 3 is 2.77 bits per heavy atom. The van der Waals surface area contributed by atoms with E-state index in [1.807, 2.05) is 6.07 Å². The maximum absolute atomic E-state index is 13.1. The molecule has 1 aromatic rings. The van der Waals surface area contributed by atoms with Crippen molar-refractivity contribution in [3.63, 3.8) is 0 Å². The molecule has 0 bridgehead atoms. The van der Waals surface area contributed by atoms with Crippen molar-refractivity contribution in [3.8, 4) is 11.8 Å². The van der Waals surface area contributed by atoms with E-state index in [1.165, 1.54) is 6.07 Å². The van der Waals surface area contributed by atoms with Crippen LogP contribution < -0.4 is 0 Å². The van der Waals surface area contributed by atoms with Crippen molar-refractivity contribution < 1.29 is 9.50 Å². The van der Waals surface area contributed by atoms with E-state index in [0.29, 0.717) is 0 Å². The second-order valence-electron chi connectivity index (χ2n) is 2.55. The van der Waals surface area contributed by atoms with Crippen molar-refractivity contribution >= 4 is 11.6 Å². The molecule has 4 heteroatoms. The van der Waals surface area contributed by atoms with Gasteiger partial charge in [0, 0.05) is 18.1 Å². The van der Waals surface area contributed by atoms with Crippen LogP contribution in [-0.4, -0.2) is 5.11 Å². The number of nitriles is 1. The van der Waals surface area contributed by atoms with E-state index in [0.717, 1.165) is 6.07 Å². The van der Waals surface area contributed by atoms with Crippen molar-refractivity contribution in [1.82, 2.24) is 0 Å². The lowest BCUT2D eigenvalue weighted by Crippen LogP contribution is -1.91. The summed E-state index contributed by atoms with van der Waals surface area (Å²) in [5.41, 5.74) is 0.279. The first-order valence-electron chi connectivity index (χ1n) is 3.69. The third kappa shape index (κ3) is 2.33. The average molecular weight is 200 g/mol. The van der Waals surface area contributed by atoms with Gasteiger partial charge in [0.15, 0.2) is 0 Å². The number of benzene rings is 1. The van der Waals surface area contributed by atoms with Gasteiger partial charge in [-0.15, -0.1) is 0 Å². The summed E-state index contributed by atoms with van der Waals surface area (Å²) in [6.07, 6.45) is 0.475. The van der Waals surface area contributed by atoms with Crippen LogP contribution >= 0.6 is 11.6 Å². The number of phenolic OH excluding ortho intramolecular Hbond substituents is 1. The zero-order valence-corrected chi connectivity index (χ0v) is 7.48. The Balaban J connectivity index is 3.00. The number of phenols is 1. The first kappa shape index (κ1) is 9.82. The van der Waals surface area contributed by atoms with E-state index >= 15 is 0 Å². The fourth-order valence-electron chi connectivity index (χ4n) is 1.01. The van der Waals surface area contributed by atoms with Crippen LogP contribution in [0.2, 0.25) is 5.02 Å². The summed E-state index contributed by atoms with van der Waals surface area (Å²) in [4.78, 5) is 0. The van der Waals surface area contributed by atoms with Gasteiger partial charge in [-0.25, -0.2) is 4.39 Å². The van der Waals surface area contributed by atoms with Gasteiger partial charge in [-0.2, -0.15) is 5.26 Å². The predicted octanol–water partition coefficient (Wildman–Crippen LogP) is 2.64. The Kier molecular flexibility index (Phi) is 3.10. The molecule has 0 radical (unpaired) electrons. The SMILES string of the molecule is N#CCCc1c(F)cc(O)cc1Cl. The highest BCUT2D eigenvalue weighted by atomic mass is 35.5. The van der Waals surface area contributed by atoms with Crippen LogP contribution in [0.1, 0.15) is 12.0 Å². The molecule has 0 atom stereocenters. The monoisotopic (exact) mass is 199 g/mol. The van der Waals surface area contributed by atoms with E-state index in [2.05, 4.69) is 0 Å². The molecule has 13 heavy (non-hydrogen) atoms. The molecule has 2 nitrogen and oxygen atoms in total. The molecule has 0 aliphatic carbocycles. The highest BCUT2D eigenvalue weighted by molar-refractivity contribution is 6.31. The van der Waals surface area contributed by atoms with Gasteiger partial charge in [0.05, 0.1) is 11.1 Å². The molecule has 0 spiro atoms. The first-order valence-corrected chi connectivity index (χ1v) is 4.06. The summed E-state index contributed by atoms with van der Waals surface area (Å²) < 4.78 is 13.1. The fourth-order valence-corrected chi connectivity index (χ4v) is 1.31. The van der Waals surface area contributed by atoms with Gasteiger partial charge in [0.2, 0.25) is 0 Å². The minimum absolute atomic E-state index is 0.160. The van der Waals surface area contributed by atoms with Crippen LogP contribution in [0.25, 0.3) is 0 Å². The Morgan fingerprint density at radius 2 is 2.23 bits per heavy atom. The average Bonchev–Trinajstić information content (AvgIpc) is 2.02. The van der Waals surface area contributed by atoms with E-state index in [-0.39, 0.29) is 29.2 Å². The molecule has 0 heterocycles. The molecule has 1 rings (SSSR count). The summed E-state index contributed by atoms with van der Waals surface area (Å²) in [6.45, 7) is 0. The van der Waals surface area contributed by atoms with Crippen LogP contribution in [0.3, 0.4) is 0 Å². The van der Waals surface area contributed by atoms with Crippen molar-refractivity contribution in [3.05, 3.63) is 28.5 Å². The van der Waals surface area contributed by atoms with Gasteiger partial charge in [0.25, 0.3) is 0 Å². The second-order valence-corrected chi connectivity index (χ2v) is 2.95. The van der Waals surface area contributed by atoms with Gasteiger partial charge in [0.1, 0.15) is 11.6 Å².